The first kappa shape index (κ1) is 14.4. The molecule has 0 aliphatic carbocycles. The largest absolute Gasteiger partial charge is 0.469 e. The van der Waals surface area contributed by atoms with Crippen LogP contribution >= 0.6 is 11.3 Å². The minimum absolute atomic E-state index is 0.170. The molecule has 0 unspecified atom stereocenters. The van der Waals surface area contributed by atoms with Gasteiger partial charge in [0.1, 0.15) is 0 Å². The fraction of sp³-hybridized carbons (Fsp3) is 0.545. The highest BCUT2D eigenvalue weighted by atomic mass is 32.1. The van der Waals surface area contributed by atoms with E-state index in [0.29, 0.717) is 24.0 Å². The first-order chi connectivity index (χ1) is 8.65. The summed E-state index contributed by atoms with van der Waals surface area (Å²) in [6.07, 6.45) is 0.451. The molecule has 1 heterocycles. The molecule has 100 valence electrons. The SMILES string of the molecule is CCOC(=O)Cc1csc(NCCC(=O)OC)n1. The van der Waals surface area contributed by atoms with Gasteiger partial charge in [0.2, 0.25) is 0 Å². The fourth-order valence-electron chi connectivity index (χ4n) is 1.20. The molecule has 0 aliphatic rings. The number of anilines is 1. The Balaban J connectivity index is 2.34. The van der Waals surface area contributed by atoms with E-state index in [4.69, 9.17) is 4.74 Å². The summed E-state index contributed by atoms with van der Waals surface area (Å²) < 4.78 is 9.34. The van der Waals surface area contributed by atoms with Gasteiger partial charge in [-0.25, -0.2) is 4.98 Å². The van der Waals surface area contributed by atoms with Crippen molar-refractivity contribution in [3.8, 4) is 0 Å². The standard InChI is InChI=1S/C11H16N2O4S/c1-3-17-10(15)6-8-7-18-11(13-8)12-5-4-9(14)16-2/h7H,3-6H2,1-2H3,(H,12,13). The fourth-order valence-corrected chi connectivity index (χ4v) is 1.94. The molecular formula is C11H16N2O4S. The van der Waals surface area contributed by atoms with E-state index in [2.05, 4.69) is 15.0 Å². The molecule has 0 saturated carbocycles. The van der Waals surface area contributed by atoms with Crippen LogP contribution in [0.5, 0.6) is 0 Å². The van der Waals surface area contributed by atoms with Crippen LogP contribution in [0.25, 0.3) is 0 Å². The van der Waals surface area contributed by atoms with Gasteiger partial charge in [0.05, 0.1) is 32.3 Å². The molecule has 1 aromatic rings. The van der Waals surface area contributed by atoms with E-state index in [0.717, 1.165) is 0 Å². The minimum atomic E-state index is -0.288. The van der Waals surface area contributed by atoms with Gasteiger partial charge in [0.25, 0.3) is 0 Å². The maximum atomic E-state index is 11.2. The number of thiazole rings is 1. The van der Waals surface area contributed by atoms with Crippen molar-refractivity contribution in [2.45, 2.75) is 19.8 Å². The lowest BCUT2D eigenvalue weighted by Gasteiger charge is -2.01. The Morgan fingerprint density at radius 3 is 2.89 bits per heavy atom. The lowest BCUT2D eigenvalue weighted by Crippen LogP contribution is -2.10. The Morgan fingerprint density at radius 1 is 1.44 bits per heavy atom. The number of ether oxygens (including phenoxy) is 2. The number of nitrogens with zero attached hydrogens (tertiary/aromatic N) is 1. The Labute approximate surface area is 109 Å². The molecular weight excluding hydrogens is 256 g/mol. The summed E-state index contributed by atoms with van der Waals surface area (Å²) in [6, 6.07) is 0. The zero-order valence-corrected chi connectivity index (χ0v) is 11.2. The Hall–Kier alpha value is -1.63. The average Bonchev–Trinajstić information content (AvgIpc) is 2.76. The molecule has 7 heteroatoms. The van der Waals surface area contributed by atoms with Crippen LogP contribution in [-0.2, 0) is 25.5 Å². The van der Waals surface area contributed by atoms with E-state index in [1.807, 2.05) is 0 Å². The van der Waals surface area contributed by atoms with E-state index in [-0.39, 0.29) is 24.8 Å². The number of rotatable bonds is 7. The van der Waals surface area contributed by atoms with Crippen molar-refractivity contribution in [3.05, 3.63) is 11.1 Å². The number of hydrogen-bond donors (Lipinski definition) is 1. The number of carbonyl (C=O) groups excluding carboxylic acids is 2. The predicted molar refractivity (Wildman–Crippen MR) is 67.6 cm³/mol. The number of aromatic nitrogens is 1. The molecule has 0 aliphatic heterocycles. The molecule has 0 aromatic carbocycles. The molecule has 1 rings (SSSR count). The maximum Gasteiger partial charge on any atom is 0.311 e. The molecule has 6 nitrogen and oxygen atoms in total. The maximum absolute atomic E-state index is 11.2. The molecule has 1 aromatic heterocycles. The topological polar surface area (TPSA) is 77.5 Å². The molecule has 0 saturated heterocycles. The van der Waals surface area contributed by atoms with Crippen molar-refractivity contribution in [1.82, 2.24) is 4.98 Å². The molecule has 0 bridgehead atoms. The second-order valence-corrected chi connectivity index (χ2v) is 4.24. The van der Waals surface area contributed by atoms with E-state index in [9.17, 15) is 9.59 Å². The van der Waals surface area contributed by atoms with Crippen molar-refractivity contribution < 1.29 is 19.1 Å². The molecule has 0 amide bonds. The van der Waals surface area contributed by atoms with E-state index in [1.165, 1.54) is 18.4 Å². The zero-order chi connectivity index (χ0) is 13.4. The lowest BCUT2D eigenvalue weighted by atomic mass is 10.3. The van der Waals surface area contributed by atoms with Gasteiger partial charge in [0, 0.05) is 11.9 Å². The van der Waals surface area contributed by atoms with Gasteiger partial charge in [-0.1, -0.05) is 0 Å². The van der Waals surface area contributed by atoms with Crippen LogP contribution in [0.1, 0.15) is 19.0 Å². The summed E-state index contributed by atoms with van der Waals surface area (Å²) in [5.74, 6) is -0.560. The number of methoxy groups -OCH3 is 1. The quantitative estimate of drug-likeness (QED) is 0.752. The Kier molecular flexibility index (Phi) is 6.13. The summed E-state index contributed by atoms with van der Waals surface area (Å²) in [5.41, 5.74) is 0.666. The van der Waals surface area contributed by atoms with Gasteiger partial charge in [-0.3, -0.25) is 9.59 Å². The second-order valence-electron chi connectivity index (χ2n) is 3.38. The number of hydrogen-bond acceptors (Lipinski definition) is 7. The first-order valence-electron chi connectivity index (χ1n) is 5.56. The number of nitrogens with one attached hydrogen (secondary N) is 1. The normalized spacial score (nSPS) is 9.89. The van der Waals surface area contributed by atoms with Crippen LogP contribution in [0.2, 0.25) is 0 Å². The molecule has 1 N–H and O–H groups in total. The van der Waals surface area contributed by atoms with Gasteiger partial charge in [-0.2, -0.15) is 0 Å². The van der Waals surface area contributed by atoms with Crippen LogP contribution in [0.15, 0.2) is 5.38 Å². The predicted octanol–water partition coefficient (Wildman–Crippen LogP) is 1.22. The summed E-state index contributed by atoms with van der Waals surface area (Å²) in [5, 5.41) is 5.46. The number of esters is 2. The molecule has 0 spiro atoms. The summed E-state index contributed by atoms with van der Waals surface area (Å²) >= 11 is 1.39. The van der Waals surface area contributed by atoms with Crippen LogP contribution < -0.4 is 5.32 Å². The van der Waals surface area contributed by atoms with E-state index < -0.39 is 0 Å². The van der Waals surface area contributed by atoms with Crippen molar-refractivity contribution in [2.24, 2.45) is 0 Å². The summed E-state index contributed by atoms with van der Waals surface area (Å²) in [7, 11) is 1.35. The zero-order valence-electron chi connectivity index (χ0n) is 10.4. The van der Waals surface area contributed by atoms with Crippen molar-refractivity contribution in [1.29, 1.82) is 0 Å². The van der Waals surface area contributed by atoms with Gasteiger partial charge < -0.3 is 14.8 Å². The second kappa shape index (κ2) is 7.65. The van der Waals surface area contributed by atoms with E-state index in [1.54, 1.807) is 12.3 Å². The highest BCUT2D eigenvalue weighted by molar-refractivity contribution is 7.13. The molecule has 18 heavy (non-hydrogen) atoms. The van der Waals surface area contributed by atoms with Gasteiger partial charge >= 0.3 is 11.9 Å². The van der Waals surface area contributed by atoms with Crippen LogP contribution in [0.3, 0.4) is 0 Å². The number of carbonyl (C=O) groups is 2. The third-order valence-electron chi connectivity index (χ3n) is 2.02. The van der Waals surface area contributed by atoms with Crippen molar-refractivity contribution in [2.75, 3.05) is 25.6 Å². The molecule has 0 radical (unpaired) electrons. The van der Waals surface area contributed by atoms with Crippen LogP contribution in [0.4, 0.5) is 5.13 Å². The van der Waals surface area contributed by atoms with Gasteiger partial charge in [0.15, 0.2) is 5.13 Å². The molecule has 0 atom stereocenters. The summed E-state index contributed by atoms with van der Waals surface area (Å²) in [6.45, 7) is 2.59. The lowest BCUT2D eigenvalue weighted by molar-refractivity contribution is -0.142. The first-order valence-corrected chi connectivity index (χ1v) is 6.44. The van der Waals surface area contributed by atoms with Gasteiger partial charge in [-0.05, 0) is 6.92 Å². The van der Waals surface area contributed by atoms with Crippen LogP contribution in [-0.4, -0.2) is 37.2 Å². The monoisotopic (exact) mass is 272 g/mol. The Bertz CT molecular complexity index is 406. The van der Waals surface area contributed by atoms with Crippen molar-refractivity contribution in [3.63, 3.8) is 0 Å². The summed E-state index contributed by atoms with van der Waals surface area (Å²) in [4.78, 5) is 26.3. The van der Waals surface area contributed by atoms with Crippen molar-refractivity contribution >= 4 is 28.4 Å². The highest BCUT2D eigenvalue weighted by Gasteiger charge is 2.08. The van der Waals surface area contributed by atoms with Crippen LogP contribution in [0, 0.1) is 0 Å². The third kappa shape index (κ3) is 5.13. The Morgan fingerprint density at radius 2 is 2.22 bits per heavy atom. The highest BCUT2D eigenvalue weighted by Crippen LogP contribution is 2.15. The smallest absolute Gasteiger partial charge is 0.311 e. The molecule has 0 fully saturated rings. The third-order valence-corrected chi connectivity index (χ3v) is 2.86. The van der Waals surface area contributed by atoms with Gasteiger partial charge in [-0.15, -0.1) is 11.3 Å². The average molecular weight is 272 g/mol. The minimum Gasteiger partial charge on any atom is -0.469 e. The van der Waals surface area contributed by atoms with E-state index >= 15 is 0 Å².